The Morgan fingerprint density at radius 1 is 1.10 bits per heavy atom. The zero-order valence-electron chi connectivity index (χ0n) is 18.3. The number of methoxy groups -OCH3 is 1. The highest BCUT2D eigenvalue weighted by molar-refractivity contribution is 5.81. The highest BCUT2D eigenvalue weighted by Crippen LogP contribution is 2.21. The Morgan fingerprint density at radius 3 is 2.77 bits per heavy atom. The Hall–Kier alpha value is -2.43. The number of piperidine rings is 1. The summed E-state index contributed by atoms with van der Waals surface area (Å²) in [5.41, 5.74) is 3.85. The number of hydrogen-bond donors (Lipinski definition) is 0. The molecule has 30 heavy (non-hydrogen) atoms. The number of para-hydroxylation sites is 1. The van der Waals surface area contributed by atoms with Gasteiger partial charge in [0.25, 0.3) is 0 Å². The molecule has 2 aromatic carbocycles. The van der Waals surface area contributed by atoms with Gasteiger partial charge in [-0.3, -0.25) is 4.98 Å². The second-order valence-electron chi connectivity index (χ2n) is 8.60. The van der Waals surface area contributed by atoms with Crippen LogP contribution in [0.2, 0.25) is 0 Å². The molecule has 0 amide bonds. The maximum absolute atomic E-state index is 5.26. The highest BCUT2D eigenvalue weighted by Gasteiger charge is 2.21. The number of ether oxygens (including phenoxy) is 1. The van der Waals surface area contributed by atoms with Crippen LogP contribution in [0.5, 0.6) is 5.75 Å². The maximum Gasteiger partial charge on any atom is 0.118 e. The van der Waals surface area contributed by atoms with Crippen LogP contribution in [0.15, 0.2) is 60.8 Å². The number of aromatic nitrogens is 1. The highest BCUT2D eigenvalue weighted by atomic mass is 16.5. The third kappa shape index (κ3) is 5.38. The summed E-state index contributed by atoms with van der Waals surface area (Å²) in [6, 6.07) is 19.2. The molecule has 1 fully saturated rings. The van der Waals surface area contributed by atoms with Crippen molar-refractivity contribution in [3.8, 4) is 5.75 Å². The van der Waals surface area contributed by atoms with E-state index < -0.39 is 0 Å². The Kier molecular flexibility index (Phi) is 6.98. The average molecular weight is 404 g/mol. The number of rotatable bonds is 8. The molecule has 0 spiro atoms. The fourth-order valence-electron chi connectivity index (χ4n) is 4.67. The van der Waals surface area contributed by atoms with Crippen LogP contribution in [-0.4, -0.2) is 55.1 Å². The summed E-state index contributed by atoms with van der Waals surface area (Å²) in [5, 5.41) is 1.23. The van der Waals surface area contributed by atoms with Gasteiger partial charge in [0, 0.05) is 37.8 Å². The quantitative estimate of drug-likeness (QED) is 0.548. The van der Waals surface area contributed by atoms with E-state index in [1.165, 1.54) is 42.4 Å². The molecule has 0 saturated carbocycles. The first-order valence-electron chi connectivity index (χ1n) is 11.1. The lowest BCUT2D eigenvalue weighted by atomic mass is 9.96. The van der Waals surface area contributed by atoms with Crippen molar-refractivity contribution < 1.29 is 4.74 Å². The van der Waals surface area contributed by atoms with E-state index in [1.807, 2.05) is 12.3 Å². The summed E-state index contributed by atoms with van der Waals surface area (Å²) in [6.07, 6.45) is 5.63. The first-order chi connectivity index (χ1) is 14.7. The molecule has 0 aliphatic carbocycles. The Morgan fingerprint density at radius 2 is 1.93 bits per heavy atom. The molecule has 158 valence electrons. The predicted octanol–water partition coefficient (Wildman–Crippen LogP) is 4.63. The zero-order chi connectivity index (χ0) is 20.8. The Balaban J connectivity index is 1.28. The molecule has 1 aromatic heterocycles. The van der Waals surface area contributed by atoms with Crippen LogP contribution in [0.4, 0.5) is 0 Å². The summed E-state index contributed by atoms with van der Waals surface area (Å²) in [4.78, 5) is 9.73. The second-order valence-corrected chi connectivity index (χ2v) is 8.60. The fourth-order valence-corrected chi connectivity index (χ4v) is 4.67. The molecular formula is C26H33N3O. The first kappa shape index (κ1) is 20.8. The number of pyridine rings is 1. The van der Waals surface area contributed by atoms with Crippen molar-refractivity contribution in [2.75, 3.05) is 40.3 Å². The molecule has 0 N–H and O–H groups in total. The summed E-state index contributed by atoms with van der Waals surface area (Å²) < 4.78 is 5.26. The number of hydrogen-bond acceptors (Lipinski definition) is 4. The molecular weight excluding hydrogens is 370 g/mol. The standard InChI is InChI=1S/C26H33N3O/c1-28(20-24-8-3-7-23-9-4-15-27-26(23)24)18-22-6-5-16-29(19-22)17-14-21-10-12-25(30-2)13-11-21/h3-4,7-13,15,22H,5-6,14,16-20H2,1-2H3/t22-/m1/s1. The van der Waals surface area contributed by atoms with E-state index in [1.54, 1.807) is 7.11 Å². The van der Waals surface area contributed by atoms with Gasteiger partial charge in [-0.15, -0.1) is 0 Å². The van der Waals surface area contributed by atoms with Gasteiger partial charge in [-0.05, 0) is 68.1 Å². The van der Waals surface area contributed by atoms with Gasteiger partial charge < -0.3 is 14.5 Å². The molecule has 0 radical (unpaired) electrons. The van der Waals surface area contributed by atoms with E-state index >= 15 is 0 Å². The fraction of sp³-hybridized carbons (Fsp3) is 0.423. The second kappa shape index (κ2) is 10.1. The van der Waals surface area contributed by atoms with Crippen molar-refractivity contribution in [2.45, 2.75) is 25.8 Å². The van der Waals surface area contributed by atoms with E-state index in [0.29, 0.717) is 0 Å². The van der Waals surface area contributed by atoms with Crippen LogP contribution in [-0.2, 0) is 13.0 Å². The summed E-state index contributed by atoms with van der Waals surface area (Å²) >= 11 is 0. The molecule has 1 saturated heterocycles. The zero-order valence-corrected chi connectivity index (χ0v) is 18.3. The van der Waals surface area contributed by atoms with Gasteiger partial charge in [0.1, 0.15) is 5.75 Å². The van der Waals surface area contributed by atoms with E-state index in [2.05, 4.69) is 70.4 Å². The van der Waals surface area contributed by atoms with E-state index in [4.69, 9.17) is 4.74 Å². The van der Waals surface area contributed by atoms with Crippen molar-refractivity contribution in [1.82, 2.24) is 14.8 Å². The van der Waals surface area contributed by atoms with E-state index in [9.17, 15) is 0 Å². The predicted molar refractivity (Wildman–Crippen MR) is 124 cm³/mol. The minimum absolute atomic E-state index is 0.738. The molecule has 0 bridgehead atoms. The monoisotopic (exact) mass is 403 g/mol. The van der Waals surface area contributed by atoms with Gasteiger partial charge in [-0.1, -0.05) is 36.4 Å². The normalized spacial score (nSPS) is 17.5. The summed E-state index contributed by atoms with van der Waals surface area (Å²) in [5.74, 6) is 1.67. The molecule has 1 aliphatic heterocycles. The smallest absolute Gasteiger partial charge is 0.118 e. The maximum atomic E-state index is 5.26. The van der Waals surface area contributed by atoms with Gasteiger partial charge in [0.2, 0.25) is 0 Å². The van der Waals surface area contributed by atoms with Crippen molar-refractivity contribution in [2.24, 2.45) is 5.92 Å². The topological polar surface area (TPSA) is 28.6 Å². The van der Waals surface area contributed by atoms with Crippen molar-refractivity contribution >= 4 is 10.9 Å². The lowest BCUT2D eigenvalue weighted by Gasteiger charge is -2.35. The molecule has 4 rings (SSSR count). The van der Waals surface area contributed by atoms with Crippen molar-refractivity contribution in [3.63, 3.8) is 0 Å². The van der Waals surface area contributed by atoms with E-state index in [0.717, 1.165) is 43.2 Å². The third-order valence-corrected chi connectivity index (χ3v) is 6.21. The SMILES string of the molecule is COc1ccc(CCN2CCC[C@H](CN(C)Cc3cccc4cccnc34)C2)cc1. The van der Waals surface area contributed by atoms with Gasteiger partial charge in [0.05, 0.1) is 12.6 Å². The van der Waals surface area contributed by atoms with Crippen LogP contribution in [0.1, 0.15) is 24.0 Å². The molecule has 1 aliphatic rings. The molecule has 0 unspecified atom stereocenters. The summed E-state index contributed by atoms with van der Waals surface area (Å²) in [7, 11) is 3.97. The van der Waals surface area contributed by atoms with Crippen LogP contribution in [0.25, 0.3) is 10.9 Å². The van der Waals surface area contributed by atoms with Crippen molar-refractivity contribution in [1.29, 1.82) is 0 Å². The van der Waals surface area contributed by atoms with Crippen LogP contribution >= 0.6 is 0 Å². The average Bonchev–Trinajstić information content (AvgIpc) is 2.78. The number of benzene rings is 2. The molecule has 3 aromatic rings. The largest absolute Gasteiger partial charge is 0.497 e. The first-order valence-corrected chi connectivity index (χ1v) is 11.1. The Labute approximate surface area is 180 Å². The minimum Gasteiger partial charge on any atom is -0.497 e. The van der Waals surface area contributed by atoms with Crippen molar-refractivity contribution in [3.05, 3.63) is 71.9 Å². The number of likely N-dealkylation sites (tertiary alicyclic amines) is 1. The summed E-state index contributed by atoms with van der Waals surface area (Å²) in [6.45, 7) is 5.66. The number of nitrogens with zero attached hydrogens (tertiary/aromatic N) is 3. The van der Waals surface area contributed by atoms with Gasteiger partial charge in [0.15, 0.2) is 0 Å². The molecule has 1 atom stereocenters. The van der Waals surface area contributed by atoms with Crippen LogP contribution < -0.4 is 4.74 Å². The van der Waals surface area contributed by atoms with Crippen LogP contribution in [0, 0.1) is 5.92 Å². The van der Waals surface area contributed by atoms with Gasteiger partial charge in [-0.25, -0.2) is 0 Å². The molecule has 4 nitrogen and oxygen atoms in total. The van der Waals surface area contributed by atoms with Gasteiger partial charge >= 0.3 is 0 Å². The lowest BCUT2D eigenvalue weighted by molar-refractivity contribution is 0.142. The molecule has 4 heteroatoms. The Bertz CT molecular complexity index is 935. The lowest BCUT2D eigenvalue weighted by Crippen LogP contribution is -2.40. The van der Waals surface area contributed by atoms with Crippen LogP contribution in [0.3, 0.4) is 0 Å². The third-order valence-electron chi connectivity index (χ3n) is 6.21. The minimum atomic E-state index is 0.738. The van der Waals surface area contributed by atoms with Gasteiger partial charge in [-0.2, -0.15) is 0 Å². The molecule has 2 heterocycles. The van der Waals surface area contributed by atoms with E-state index in [-0.39, 0.29) is 0 Å². The number of fused-ring (bicyclic) bond motifs is 1.